The molecular formula is C16H18F3N5O2S. The molecule has 1 saturated carbocycles. The summed E-state index contributed by atoms with van der Waals surface area (Å²) in [5.41, 5.74) is -0.00965. The van der Waals surface area contributed by atoms with Crippen LogP contribution in [-0.4, -0.2) is 36.9 Å². The Morgan fingerprint density at radius 1 is 1.37 bits per heavy atom. The molecule has 2 aromatic rings. The third-order valence-corrected chi connectivity index (χ3v) is 4.82. The fourth-order valence-corrected chi connectivity index (χ4v) is 3.15. The van der Waals surface area contributed by atoms with Gasteiger partial charge in [-0.15, -0.1) is 0 Å². The van der Waals surface area contributed by atoms with Gasteiger partial charge in [-0.05, 0) is 25.1 Å². The summed E-state index contributed by atoms with van der Waals surface area (Å²) in [6, 6.07) is 5.77. The highest BCUT2D eigenvalue weighted by atomic mass is 32.1. The maximum atomic E-state index is 13.1. The van der Waals surface area contributed by atoms with Crippen LogP contribution in [0.5, 0.6) is 0 Å². The van der Waals surface area contributed by atoms with Gasteiger partial charge in [-0.3, -0.25) is 15.0 Å². The van der Waals surface area contributed by atoms with Crippen molar-refractivity contribution in [3.8, 4) is 0 Å². The van der Waals surface area contributed by atoms with Crippen molar-refractivity contribution in [1.29, 1.82) is 0 Å². The fourth-order valence-electron chi connectivity index (χ4n) is 2.96. The summed E-state index contributed by atoms with van der Waals surface area (Å²) in [4.78, 5) is 11.6. The van der Waals surface area contributed by atoms with Crippen LogP contribution in [0.3, 0.4) is 0 Å². The van der Waals surface area contributed by atoms with Gasteiger partial charge in [-0.2, -0.15) is 18.3 Å². The van der Waals surface area contributed by atoms with E-state index in [2.05, 4.69) is 5.10 Å². The van der Waals surface area contributed by atoms with Crippen LogP contribution in [-0.2, 0) is 20.3 Å². The average Bonchev–Trinajstić information content (AvgIpc) is 3.37. The van der Waals surface area contributed by atoms with E-state index in [0.29, 0.717) is 10.7 Å². The smallest absolute Gasteiger partial charge is 0.307 e. The second-order valence-corrected chi connectivity index (χ2v) is 6.97. The molecule has 1 aromatic heterocycles. The van der Waals surface area contributed by atoms with Crippen LogP contribution in [0.4, 0.5) is 18.9 Å². The number of nitrogens with zero attached hydrogens (tertiary/aromatic N) is 5. The number of hydrogen-bond acceptors (Lipinski definition) is 5. The summed E-state index contributed by atoms with van der Waals surface area (Å²) in [5, 5.41) is 15.5. The number of benzene rings is 1. The van der Waals surface area contributed by atoms with Gasteiger partial charge in [0.2, 0.25) is 0 Å². The van der Waals surface area contributed by atoms with E-state index in [9.17, 15) is 23.3 Å². The fraction of sp³-hybridized carbons (Fsp3) is 0.500. The monoisotopic (exact) mass is 401 g/mol. The van der Waals surface area contributed by atoms with Gasteiger partial charge in [0.1, 0.15) is 5.82 Å². The first-order chi connectivity index (χ1) is 12.7. The third-order valence-electron chi connectivity index (χ3n) is 4.34. The lowest BCUT2D eigenvalue weighted by Crippen LogP contribution is -2.35. The molecule has 3 rings (SSSR count). The van der Waals surface area contributed by atoms with Gasteiger partial charge in [0.05, 0.1) is 18.1 Å². The Bertz CT molecular complexity index is 904. The van der Waals surface area contributed by atoms with Gasteiger partial charge in [0.25, 0.3) is 5.69 Å². The zero-order chi connectivity index (χ0) is 19.8. The maximum Gasteiger partial charge on any atom is 0.401 e. The van der Waals surface area contributed by atoms with E-state index in [4.69, 9.17) is 12.2 Å². The molecule has 7 nitrogen and oxygen atoms in total. The van der Waals surface area contributed by atoms with Crippen molar-refractivity contribution < 1.29 is 18.1 Å². The molecule has 0 radical (unpaired) electrons. The molecule has 11 heteroatoms. The van der Waals surface area contributed by atoms with E-state index in [1.165, 1.54) is 22.9 Å². The highest BCUT2D eigenvalue weighted by molar-refractivity contribution is 7.71. The zero-order valence-electron chi connectivity index (χ0n) is 14.5. The Morgan fingerprint density at radius 3 is 2.63 bits per heavy atom. The first-order valence-corrected chi connectivity index (χ1v) is 8.71. The minimum atomic E-state index is -4.46. The van der Waals surface area contributed by atoms with E-state index < -0.39 is 17.6 Å². The molecule has 0 N–H and O–H groups in total. The van der Waals surface area contributed by atoms with Crippen LogP contribution < -0.4 is 0 Å². The second kappa shape index (κ2) is 7.39. The topological polar surface area (TPSA) is 69.1 Å². The van der Waals surface area contributed by atoms with E-state index in [1.807, 2.05) is 0 Å². The van der Waals surface area contributed by atoms with Crippen molar-refractivity contribution in [3.05, 3.63) is 50.5 Å². The summed E-state index contributed by atoms with van der Waals surface area (Å²) >= 11 is 5.30. The number of nitro benzene ring substituents is 1. The molecule has 0 unspecified atom stereocenters. The number of nitro groups is 1. The molecule has 1 aliphatic carbocycles. The van der Waals surface area contributed by atoms with E-state index >= 15 is 0 Å². The second-order valence-electron chi connectivity index (χ2n) is 6.60. The predicted molar refractivity (Wildman–Crippen MR) is 93.6 cm³/mol. The van der Waals surface area contributed by atoms with Gasteiger partial charge in [0, 0.05) is 31.1 Å². The van der Waals surface area contributed by atoms with Crippen LogP contribution in [0.25, 0.3) is 0 Å². The molecule has 27 heavy (non-hydrogen) atoms. The van der Waals surface area contributed by atoms with E-state index in [0.717, 1.165) is 23.6 Å². The molecule has 146 valence electrons. The summed E-state index contributed by atoms with van der Waals surface area (Å²) in [6.07, 6.45) is -2.48. The number of aromatic nitrogens is 3. The van der Waals surface area contributed by atoms with Crippen molar-refractivity contribution in [3.63, 3.8) is 0 Å². The van der Waals surface area contributed by atoms with Gasteiger partial charge >= 0.3 is 6.18 Å². The highest BCUT2D eigenvalue weighted by Crippen LogP contribution is 2.38. The molecule has 1 fully saturated rings. The zero-order valence-corrected chi connectivity index (χ0v) is 15.3. The lowest BCUT2D eigenvalue weighted by Gasteiger charge is -2.23. The Balaban J connectivity index is 1.88. The van der Waals surface area contributed by atoms with Crippen molar-refractivity contribution in [1.82, 2.24) is 19.2 Å². The minimum Gasteiger partial charge on any atom is -0.307 e. The van der Waals surface area contributed by atoms with Crippen molar-refractivity contribution >= 4 is 17.9 Å². The summed E-state index contributed by atoms with van der Waals surface area (Å²) < 4.78 is 42.6. The van der Waals surface area contributed by atoms with Crippen LogP contribution in [0.15, 0.2) is 24.3 Å². The van der Waals surface area contributed by atoms with Crippen LogP contribution >= 0.6 is 12.2 Å². The largest absolute Gasteiger partial charge is 0.401 e. The molecule has 0 atom stereocenters. The molecule has 0 saturated heterocycles. The first-order valence-electron chi connectivity index (χ1n) is 8.31. The van der Waals surface area contributed by atoms with Gasteiger partial charge in [-0.25, -0.2) is 4.68 Å². The molecule has 0 aliphatic heterocycles. The average molecular weight is 401 g/mol. The maximum absolute atomic E-state index is 13.1. The van der Waals surface area contributed by atoms with E-state index in [1.54, 1.807) is 17.7 Å². The molecule has 0 spiro atoms. The Hall–Kier alpha value is -2.27. The molecule has 1 aromatic carbocycles. The number of para-hydroxylation sites is 1. The molecule has 1 aliphatic rings. The van der Waals surface area contributed by atoms with Crippen molar-refractivity contribution in [2.24, 2.45) is 7.05 Å². The molecule has 0 bridgehead atoms. The molecular weight excluding hydrogens is 383 g/mol. The SMILES string of the molecule is Cn1c(C2CC2)nn(CN(Cc2ccccc2[N+](=O)[O-])CC(F)(F)F)c1=S. The van der Waals surface area contributed by atoms with Crippen molar-refractivity contribution in [2.75, 3.05) is 6.54 Å². The molecule has 1 heterocycles. The summed E-state index contributed by atoms with van der Waals surface area (Å²) in [5.74, 6) is 1.06. The number of alkyl halides is 3. The Kier molecular flexibility index (Phi) is 5.33. The first kappa shape index (κ1) is 19.5. The van der Waals surface area contributed by atoms with Gasteiger partial charge < -0.3 is 4.57 Å². The predicted octanol–water partition coefficient (Wildman–Crippen LogP) is 3.76. The standard InChI is InChI=1S/C16H18F3N5O2S/c1-21-14(11-6-7-11)20-23(15(21)27)10-22(9-16(17,18)19)8-12-4-2-3-5-13(12)24(25)26/h2-5,11H,6-10H2,1H3. The van der Waals surface area contributed by atoms with Gasteiger partial charge in [0.15, 0.2) is 4.77 Å². The minimum absolute atomic E-state index is 0.203. The summed E-state index contributed by atoms with van der Waals surface area (Å²) in [6.45, 7) is -1.67. The lowest BCUT2D eigenvalue weighted by molar-refractivity contribution is -0.385. The molecule has 0 amide bonds. The normalized spacial score (nSPS) is 14.7. The number of hydrogen-bond donors (Lipinski definition) is 0. The van der Waals surface area contributed by atoms with Gasteiger partial charge in [-0.1, -0.05) is 18.2 Å². The Morgan fingerprint density at radius 2 is 2.04 bits per heavy atom. The highest BCUT2D eigenvalue weighted by Gasteiger charge is 2.33. The third kappa shape index (κ3) is 4.72. The number of rotatable bonds is 7. The van der Waals surface area contributed by atoms with Crippen LogP contribution in [0.1, 0.15) is 30.1 Å². The lowest BCUT2D eigenvalue weighted by atomic mass is 10.1. The summed E-state index contributed by atoms with van der Waals surface area (Å²) in [7, 11) is 1.75. The Labute approximate surface area is 158 Å². The van der Waals surface area contributed by atoms with E-state index in [-0.39, 0.29) is 24.5 Å². The quantitative estimate of drug-likeness (QED) is 0.401. The van der Waals surface area contributed by atoms with Crippen LogP contribution in [0, 0.1) is 14.9 Å². The van der Waals surface area contributed by atoms with Crippen LogP contribution in [0.2, 0.25) is 0 Å². The van der Waals surface area contributed by atoms with Crippen molar-refractivity contribution in [2.45, 2.75) is 38.1 Å². The number of halogens is 3.